The third kappa shape index (κ3) is 6.75. The largest absolute Gasteiger partial charge is 0.379 e. The number of nitrogens with two attached hydrogens (primary N) is 1. The molecule has 2 heterocycles. The quantitative estimate of drug-likeness (QED) is 0.653. The van der Waals surface area contributed by atoms with Gasteiger partial charge in [0.05, 0.1) is 19.1 Å². The minimum absolute atomic E-state index is 0. The highest BCUT2D eigenvalue weighted by Crippen LogP contribution is 2.25. The molecular formula is C18H34Cl2N4O3. The highest BCUT2D eigenvalue weighted by Gasteiger charge is 2.36. The van der Waals surface area contributed by atoms with E-state index in [1.165, 1.54) is 6.42 Å². The summed E-state index contributed by atoms with van der Waals surface area (Å²) in [7, 11) is 0. The van der Waals surface area contributed by atoms with Crippen molar-refractivity contribution in [2.24, 2.45) is 17.6 Å². The molecule has 3 rings (SSSR count). The second-order valence-corrected chi connectivity index (χ2v) is 7.59. The molecule has 2 amide bonds. The Kier molecular flexibility index (Phi) is 10.9. The summed E-state index contributed by atoms with van der Waals surface area (Å²) < 4.78 is 5.35. The number of hydrogen-bond acceptors (Lipinski definition) is 5. The lowest BCUT2D eigenvalue weighted by Gasteiger charge is -2.32. The van der Waals surface area contributed by atoms with Crippen LogP contribution in [-0.2, 0) is 14.3 Å². The smallest absolute Gasteiger partial charge is 0.225 e. The zero-order valence-electron chi connectivity index (χ0n) is 15.9. The number of carbonyl (C=O) groups excluding carboxylic acids is 2. The second kappa shape index (κ2) is 12.1. The van der Waals surface area contributed by atoms with Crippen molar-refractivity contribution in [3.8, 4) is 0 Å². The Hall–Kier alpha value is -0.600. The van der Waals surface area contributed by atoms with Gasteiger partial charge in [-0.2, -0.15) is 0 Å². The highest BCUT2D eigenvalue weighted by atomic mass is 35.5. The molecule has 27 heavy (non-hydrogen) atoms. The number of amides is 2. The Labute approximate surface area is 174 Å². The molecule has 158 valence electrons. The van der Waals surface area contributed by atoms with Crippen molar-refractivity contribution >= 4 is 36.6 Å². The van der Waals surface area contributed by atoms with E-state index in [9.17, 15) is 9.59 Å². The number of nitrogens with one attached hydrogen (secondary N) is 1. The summed E-state index contributed by atoms with van der Waals surface area (Å²) in [5.41, 5.74) is 5.85. The SMILES string of the molecule is Cl.Cl.NCC1CCCCC1NC(=O)C1CC(=O)N(CCN2CCOCC2)C1. The molecule has 2 aliphatic heterocycles. The highest BCUT2D eigenvalue weighted by molar-refractivity contribution is 5.89. The Bertz CT molecular complexity index is 478. The molecule has 0 aromatic carbocycles. The van der Waals surface area contributed by atoms with Crippen LogP contribution in [0.1, 0.15) is 32.1 Å². The van der Waals surface area contributed by atoms with Gasteiger partial charge in [-0.15, -0.1) is 24.8 Å². The molecule has 3 fully saturated rings. The molecule has 0 bridgehead atoms. The molecule has 3 atom stereocenters. The monoisotopic (exact) mass is 424 g/mol. The lowest BCUT2D eigenvalue weighted by molar-refractivity contribution is -0.129. The molecule has 0 radical (unpaired) electrons. The molecule has 3 unspecified atom stereocenters. The van der Waals surface area contributed by atoms with Crippen molar-refractivity contribution in [2.75, 3.05) is 52.5 Å². The van der Waals surface area contributed by atoms with Crippen LogP contribution in [0.2, 0.25) is 0 Å². The minimum Gasteiger partial charge on any atom is -0.379 e. The van der Waals surface area contributed by atoms with Crippen molar-refractivity contribution in [1.82, 2.24) is 15.1 Å². The van der Waals surface area contributed by atoms with Crippen LogP contribution in [0.5, 0.6) is 0 Å². The maximum absolute atomic E-state index is 12.6. The van der Waals surface area contributed by atoms with E-state index in [1.54, 1.807) is 0 Å². The third-order valence-electron chi connectivity index (χ3n) is 5.91. The molecule has 0 aromatic heterocycles. The number of likely N-dealkylation sites (tertiary alicyclic amines) is 1. The number of rotatable bonds is 6. The number of nitrogens with zero attached hydrogens (tertiary/aromatic N) is 2. The average molecular weight is 425 g/mol. The molecule has 2 saturated heterocycles. The normalized spacial score (nSPS) is 29.0. The van der Waals surface area contributed by atoms with Gasteiger partial charge in [-0.1, -0.05) is 12.8 Å². The van der Waals surface area contributed by atoms with Gasteiger partial charge in [0.25, 0.3) is 0 Å². The standard InChI is InChI=1S/C18H32N4O3.2ClH/c19-12-14-3-1-2-4-16(14)20-18(24)15-11-17(23)22(13-15)6-5-21-7-9-25-10-8-21;;/h14-16H,1-13,19H2,(H,20,24);2*1H. The zero-order chi connectivity index (χ0) is 17.6. The van der Waals surface area contributed by atoms with Gasteiger partial charge in [-0.05, 0) is 25.3 Å². The van der Waals surface area contributed by atoms with E-state index in [4.69, 9.17) is 10.5 Å². The Morgan fingerprint density at radius 3 is 2.56 bits per heavy atom. The van der Waals surface area contributed by atoms with Gasteiger partial charge in [0.15, 0.2) is 0 Å². The number of hydrogen-bond donors (Lipinski definition) is 2. The predicted molar refractivity (Wildman–Crippen MR) is 109 cm³/mol. The molecule has 9 heteroatoms. The fourth-order valence-electron chi connectivity index (χ4n) is 4.23. The lowest BCUT2D eigenvalue weighted by Crippen LogP contribution is -2.47. The van der Waals surface area contributed by atoms with Crippen LogP contribution in [0.25, 0.3) is 0 Å². The van der Waals surface area contributed by atoms with Crippen LogP contribution in [0.3, 0.4) is 0 Å². The van der Waals surface area contributed by atoms with E-state index in [-0.39, 0.29) is 48.6 Å². The summed E-state index contributed by atoms with van der Waals surface area (Å²) in [6.45, 7) is 6.13. The van der Waals surface area contributed by atoms with Crippen LogP contribution in [-0.4, -0.2) is 80.1 Å². The molecule has 7 nitrogen and oxygen atoms in total. The second-order valence-electron chi connectivity index (χ2n) is 7.59. The number of carbonyl (C=O) groups is 2. The van der Waals surface area contributed by atoms with E-state index in [1.807, 2.05) is 4.90 Å². The summed E-state index contributed by atoms with van der Waals surface area (Å²) in [6, 6.07) is 0.184. The van der Waals surface area contributed by atoms with Crippen molar-refractivity contribution in [2.45, 2.75) is 38.1 Å². The van der Waals surface area contributed by atoms with Crippen LogP contribution in [0.4, 0.5) is 0 Å². The maximum atomic E-state index is 12.6. The van der Waals surface area contributed by atoms with E-state index in [0.717, 1.165) is 52.1 Å². The summed E-state index contributed by atoms with van der Waals surface area (Å²) >= 11 is 0. The van der Waals surface area contributed by atoms with Crippen molar-refractivity contribution < 1.29 is 14.3 Å². The van der Waals surface area contributed by atoms with Gasteiger partial charge in [-0.3, -0.25) is 14.5 Å². The summed E-state index contributed by atoms with van der Waals surface area (Å²) in [5.74, 6) is 0.310. The molecule has 1 saturated carbocycles. The van der Waals surface area contributed by atoms with Gasteiger partial charge in [0, 0.05) is 45.2 Å². The van der Waals surface area contributed by atoms with Gasteiger partial charge in [0.1, 0.15) is 0 Å². The average Bonchev–Trinajstić information content (AvgIpc) is 3.02. The first-order valence-corrected chi connectivity index (χ1v) is 9.75. The zero-order valence-corrected chi connectivity index (χ0v) is 17.6. The van der Waals surface area contributed by atoms with Gasteiger partial charge in [0.2, 0.25) is 11.8 Å². The fourth-order valence-corrected chi connectivity index (χ4v) is 4.23. The molecule has 0 aromatic rings. The van der Waals surface area contributed by atoms with Crippen molar-refractivity contribution in [3.63, 3.8) is 0 Å². The number of halogens is 2. The topological polar surface area (TPSA) is 87.9 Å². The van der Waals surface area contributed by atoms with Crippen molar-refractivity contribution in [3.05, 3.63) is 0 Å². The van der Waals surface area contributed by atoms with Crippen LogP contribution < -0.4 is 11.1 Å². The third-order valence-corrected chi connectivity index (χ3v) is 5.91. The molecule has 3 N–H and O–H groups in total. The Morgan fingerprint density at radius 1 is 1.15 bits per heavy atom. The fraction of sp³-hybridized carbons (Fsp3) is 0.889. The minimum atomic E-state index is -0.211. The van der Waals surface area contributed by atoms with Crippen LogP contribution in [0.15, 0.2) is 0 Å². The van der Waals surface area contributed by atoms with Crippen molar-refractivity contribution in [1.29, 1.82) is 0 Å². The first kappa shape index (κ1) is 24.4. The molecule has 0 spiro atoms. The van der Waals surface area contributed by atoms with Gasteiger partial charge >= 0.3 is 0 Å². The van der Waals surface area contributed by atoms with E-state index < -0.39 is 0 Å². The Balaban J connectivity index is 0.00000182. The van der Waals surface area contributed by atoms with Gasteiger partial charge < -0.3 is 20.7 Å². The molecule has 3 aliphatic rings. The first-order valence-electron chi connectivity index (χ1n) is 9.75. The summed E-state index contributed by atoms with van der Waals surface area (Å²) in [6.07, 6.45) is 4.79. The van der Waals surface area contributed by atoms with E-state index >= 15 is 0 Å². The Morgan fingerprint density at radius 2 is 1.85 bits per heavy atom. The number of morpholine rings is 1. The van der Waals surface area contributed by atoms with Gasteiger partial charge in [-0.25, -0.2) is 0 Å². The lowest BCUT2D eigenvalue weighted by atomic mass is 9.84. The summed E-state index contributed by atoms with van der Waals surface area (Å²) in [5, 5.41) is 3.18. The van der Waals surface area contributed by atoms with E-state index in [2.05, 4.69) is 10.2 Å². The predicted octanol–water partition coefficient (Wildman–Crippen LogP) is 0.644. The molecule has 1 aliphatic carbocycles. The molecular weight excluding hydrogens is 391 g/mol. The van der Waals surface area contributed by atoms with E-state index in [0.29, 0.717) is 32.0 Å². The summed E-state index contributed by atoms with van der Waals surface area (Å²) in [4.78, 5) is 29.0. The maximum Gasteiger partial charge on any atom is 0.225 e. The first-order chi connectivity index (χ1) is 12.2. The number of ether oxygens (including phenoxy) is 1. The van der Waals surface area contributed by atoms with Crippen LogP contribution in [0, 0.1) is 11.8 Å². The van der Waals surface area contributed by atoms with Crippen LogP contribution >= 0.6 is 24.8 Å².